The Morgan fingerprint density at radius 3 is 2.36 bits per heavy atom. The van der Waals surface area contributed by atoms with E-state index < -0.39 is 17.2 Å². The van der Waals surface area contributed by atoms with Crippen molar-refractivity contribution in [3.8, 4) is 22.5 Å². The Bertz CT molecular complexity index is 1760. The number of aromatic amines is 1. The van der Waals surface area contributed by atoms with E-state index in [1.165, 1.54) is 0 Å². The number of aryl methyl sites for hydroxylation is 1. The number of amides is 1. The van der Waals surface area contributed by atoms with Gasteiger partial charge in [-0.3, -0.25) is 4.79 Å². The summed E-state index contributed by atoms with van der Waals surface area (Å²) in [5.74, 6) is 1.25. The maximum Gasteiger partial charge on any atom is 0.408 e. The van der Waals surface area contributed by atoms with E-state index in [9.17, 15) is 9.59 Å². The lowest BCUT2D eigenvalue weighted by Gasteiger charge is -2.43. The Morgan fingerprint density at radius 2 is 1.72 bits per heavy atom. The third kappa shape index (κ3) is 4.48. The van der Waals surface area contributed by atoms with E-state index in [0.717, 1.165) is 47.3 Å². The van der Waals surface area contributed by atoms with E-state index in [1.54, 1.807) is 6.07 Å². The number of carbonyl (C=O) groups excluding carboxylic acids is 1. The summed E-state index contributed by atoms with van der Waals surface area (Å²) in [5.41, 5.74) is 3.81. The minimum atomic E-state index is -0.572. The van der Waals surface area contributed by atoms with E-state index >= 15 is 0 Å². The summed E-state index contributed by atoms with van der Waals surface area (Å²) in [6, 6.07) is 21.2. The van der Waals surface area contributed by atoms with Gasteiger partial charge in [-0.1, -0.05) is 54.6 Å². The number of rotatable bonds is 4. The van der Waals surface area contributed by atoms with Gasteiger partial charge in [0.2, 0.25) is 5.43 Å². The first-order valence-corrected chi connectivity index (χ1v) is 13.3. The number of H-pyrrole nitrogens is 1. The molecular formula is C32H31N3O4. The van der Waals surface area contributed by atoms with Gasteiger partial charge in [-0.05, 0) is 70.2 Å². The number of hydrogen-bond acceptors (Lipinski definition) is 5. The lowest BCUT2D eigenvalue weighted by atomic mass is 9.71. The van der Waals surface area contributed by atoms with Crippen LogP contribution < -0.4 is 10.7 Å². The summed E-state index contributed by atoms with van der Waals surface area (Å²) >= 11 is 0. The molecule has 6 rings (SSSR count). The lowest BCUT2D eigenvalue weighted by molar-refractivity contribution is 0.0377. The van der Waals surface area contributed by atoms with Crippen LogP contribution in [0.2, 0.25) is 0 Å². The number of hydrogen-bond donors (Lipinski definition) is 2. The fourth-order valence-corrected chi connectivity index (χ4v) is 5.37. The second kappa shape index (κ2) is 9.12. The second-order valence-corrected chi connectivity index (χ2v) is 11.3. The van der Waals surface area contributed by atoms with Gasteiger partial charge in [-0.15, -0.1) is 0 Å². The molecular weight excluding hydrogens is 490 g/mol. The van der Waals surface area contributed by atoms with Crippen molar-refractivity contribution in [1.29, 1.82) is 0 Å². The SMILES string of the molecule is Cc1nc2c(ccc3c(=O)c(-c4ccc(C5(NC(=O)OC(C)(C)C)CCC5)cc4)c(-c4ccccc4)oc32)[nH]1. The predicted octanol–water partition coefficient (Wildman–Crippen LogP) is 7.22. The average molecular weight is 522 g/mol. The summed E-state index contributed by atoms with van der Waals surface area (Å²) in [7, 11) is 0. The van der Waals surface area contributed by atoms with Crippen LogP contribution >= 0.6 is 0 Å². The zero-order valence-corrected chi connectivity index (χ0v) is 22.6. The summed E-state index contributed by atoms with van der Waals surface area (Å²) < 4.78 is 12.0. The van der Waals surface area contributed by atoms with Crippen LogP contribution in [0.3, 0.4) is 0 Å². The van der Waals surface area contributed by atoms with E-state index in [1.807, 2.05) is 88.4 Å². The van der Waals surface area contributed by atoms with Crippen molar-refractivity contribution in [1.82, 2.24) is 15.3 Å². The topological polar surface area (TPSA) is 97.2 Å². The van der Waals surface area contributed by atoms with Crippen molar-refractivity contribution in [3.05, 3.63) is 88.3 Å². The van der Waals surface area contributed by atoms with Crippen LogP contribution in [0.5, 0.6) is 0 Å². The van der Waals surface area contributed by atoms with Crippen LogP contribution in [0.25, 0.3) is 44.5 Å². The van der Waals surface area contributed by atoms with Gasteiger partial charge in [0, 0.05) is 5.56 Å². The molecule has 198 valence electrons. The smallest absolute Gasteiger partial charge is 0.408 e. The highest BCUT2D eigenvalue weighted by Gasteiger charge is 2.41. The number of carbonyl (C=O) groups is 1. The van der Waals surface area contributed by atoms with E-state index in [0.29, 0.717) is 27.8 Å². The molecule has 7 heteroatoms. The Balaban J connectivity index is 1.46. The molecule has 0 aliphatic heterocycles. The predicted molar refractivity (Wildman–Crippen MR) is 153 cm³/mol. The van der Waals surface area contributed by atoms with E-state index in [-0.39, 0.29) is 5.43 Å². The number of imidazole rings is 1. The standard InChI is InChI=1S/C32H31N3O4/c1-19-33-24-16-15-23-27(36)25(28(21-9-6-5-7-10-21)38-29(23)26(24)34-19)20-11-13-22(14-12-20)32(17-8-18-32)35-30(37)39-31(2,3)4/h5-7,9-16H,8,17-18H2,1-4H3,(H,33,34)(H,35,37). The molecule has 0 spiro atoms. The number of nitrogens with zero attached hydrogens (tertiary/aromatic N) is 1. The van der Waals surface area contributed by atoms with Crippen LogP contribution in [0.1, 0.15) is 51.4 Å². The van der Waals surface area contributed by atoms with Crippen LogP contribution in [-0.2, 0) is 10.3 Å². The first kappa shape index (κ1) is 24.9. The summed E-state index contributed by atoms with van der Waals surface area (Å²) in [4.78, 5) is 34.4. The molecule has 5 aromatic rings. The Hall–Kier alpha value is -4.39. The van der Waals surface area contributed by atoms with Gasteiger partial charge in [0.15, 0.2) is 5.58 Å². The molecule has 0 atom stereocenters. The normalized spacial score (nSPS) is 14.8. The van der Waals surface area contributed by atoms with Gasteiger partial charge < -0.3 is 19.5 Å². The Kier molecular flexibility index (Phi) is 5.83. The van der Waals surface area contributed by atoms with Crippen LogP contribution in [-0.4, -0.2) is 21.7 Å². The highest BCUT2D eigenvalue weighted by atomic mass is 16.6. The molecule has 1 amide bonds. The lowest BCUT2D eigenvalue weighted by Crippen LogP contribution is -2.52. The minimum absolute atomic E-state index is 0.115. The zero-order chi connectivity index (χ0) is 27.4. The molecule has 0 unspecified atom stereocenters. The number of fused-ring (bicyclic) bond motifs is 3. The highest BCUT2D eigenvalue weighted by Crippen LogP contribution is 2.42. The Morgan fingerprint density at radius 1 is 1.00 bits per heavy atom. The molecule has 0 radical (unpaired) electrons. The number of ether oxygens (including phenoxy) is 1. The highest BCUT2D eigenvalue weighted by molar-refractivity contribution is 6.02. The van der Waals surface area contributed by atoms with Gasteiger partial charge >= 0.3 is 6.09 Å². The van der Waals surface area contributed by atoms with Crippen LogP contribution in [0.15, 0.2) is 75.9 Å². The largest absolute Gasteiger partial charge is 0.453 e. The van der Waals surface area contributed by atoms with Crippen LogP contribution in [0.4, 0.5) is 4.79 Å². The van der Waals surface area contributed by atoms with Crippen molar-refractivity contribution in [2.75, 3.05) is 0 Å². The molecule has 2 aromatic heterocycles. The quantitative estimate of drug-likeness (QED) is 0.260. The summed E-state index contributed by atoms with van der Waals surface area (Å²) in [6.07, 6.45) is 2.26. The molecule has 39 heavy (non-hydrogen) atoms. The first-order valence-electron chi connectivity index (χ1n) is 13.3. The zero-order valence-electron chi connectivity index (χ0n) is 22.6. The molecule has 0 bridgehead atoms. The second-order valence-electron chi connectivity index (χ2n) is 11.3. The number of aromatic nitrogens is 2. The molecule has 1 saturated carbocycles. The molecule has 1 aliphatic rings. The van der Waals surface area contributed by atoms with Crippen molar-refractivity contribution >= 4 is 28.1 Å². The summed E-state index contributed by atoms with van der Waals surface area (Å²) in [5, 5.41) is 3.58. The van der Waals surface area contributed by atoms with Gasteiger partial charge in [0.1, 0.15) is 22.7 Å². The third-order valence-electron chi connectivity index (χ3n) is 7.34. The van der Waals surface area contributed by atoms with Crippen molar-refractivity contribution in [3.63, 3.8) is 0 Å². The third-order valence-corrected chi connectivity index (χ3v) is 7.34. The van der Waals surface area contributed by atoms with Crippen molar-refractivity contribution in [2.24, 2.45) is 0 Å². The average Bonchev–Trinajstić information content (AvgIpc) is 3.26. The van der Waals surface area contributed by atoms with Crippen molar-refractivity contribution < 1.29 is 13.9 Å². The molecule has 1 aliphatic carbocycles. The van der Waals surface area contributed by atoms with E-state index in [2.05, 4.69) is 15.3 Å². The fraction of sp³-hybridized carbons (Fsp3) is 0.281. The van der Waals surface area contributed by atoms with Gasteiger partial charge in [-0.2, -0.15) is 0 Å². The Labute approximate surface area is 226 Å². The van der Waals surface area contributed by atoms with Gasteiger partial charge in [0.25, 0.3) is 0 Å². The molecule has 0 saturated heterocycles. The van der Waals surface area contributed by atoms with Gasteiger partial charge in [-0.25, -0.2) is 9.78 Å². The molecule has 1 fully saturated rings. The maximum absolute atomic E-state index is 14.0. The molecule has 2 heterocycles. The monoisotopic (exact) mass is 521 g/mol. The number of benzene rings is 3. The fourth-order valence-electron chi connectivity index (χ4n) is 5.37. The van der Waals surface area contributed by atoms with E-state index in [4.69, 9.17) is 9.15 Å². The van der Waals surface area contributed by atoms with Crippen molar-refractivity contribution in [2.45, 2.75) is 58.1 Å². The molecule has 7 nitrogen and oxygen atoms in total. The summed E-state index contributed by atoms with van der Waals surface area (Å²) in [6.45, 7) is 7.44. The van der Waals surface area contributed by atoms with Crippen LogP contribution in [0, 0.1) is 6.92 Å². The molecule has 2 N–H and O–H groups in total. The molecule has 3 aromatic carbocycles. The van der Waals surface area contributed by atoms with Gasteiger partial charge in [0.05, 0.1) is 22.0 Å². The first-order chi connectivity index (χ1) is 18.6. The minimum Gasteiger partial charge on any atom is -0.453 e. The number of nitrogens with one attached hydrogen (secondary N) is 2. The number of alkyl carbamates (subject to hydrolysis) is 1. The maximum atomic E-state index is 14.0.